The van der Waals surface area contributed by atoms with Crippen LogP contribution in [-0.2, 0) is 0 Å². The monoisotopic (exact) mass is 914 g/mol. The van der Waals surface area contributed by atoms with E-state index in [1.807, 2.05) is 31.2 Å². The highest BCUT2D eigenvalue weighted by atomic mass is 16.3. The highest BCUT2D eigenvalue weighted by Gasteiger charge is 2.25. The molecule has 2 aromatic heterocycles. The van der Waals surface area contributed by atoms with E-state index in [4.69, 9.17) is 8.83 Å². The standard InChI is InChI=1S/C66H46N2O3/c1-42-17-11-31-53(64(42)69)48-25-15-28-51(39-48)68(50-27-14-24-47(38-50)45-21-7-4-8-22-45)60-41-62-63(55-30-10-9-29-54(55)60)58-36-35-52(40-61(58)70-62)67(49-26-13-23-46(37-49)44-19-5-3-6-20-44)59-34-16-33-57-56-32-12-18-43(2)65(56)71-66(57)59/h3-41,69H,1-2H3. The number of furan rings is 2. The minimum atomic E-state index is 0.280. The zero-order chi connectivity index (χ0) is 47.6. The molecule has 0 radical (unpaired) electrons. The van der Waals surface area contributed by atoms with Gasteiger partial charge in [0, 0.05) is 61.7 Å². The fourth-order valence-corrected chi connectivity index (χ4v) is 10.5. The minimum Gasteiger partial charge on any atom is -0.507 e. The molecular formula is C66H46N2O3. The minimum absolute atomic E-state index is 0.280. The van der Waals surface area contributed by atoms with Crippen LogP contribution in [0.3, 0.4) is 0 Å². The molecule has 0 spiro atoms. The molecular weight excluding hydrogens is 869 g/mol. The first-order chi connectivity index (χ1) is 34.9. The van der Waals surface area contributed by atoms with Crippen LogP contribution >= 0.6 is 0 Å². The molecule has 5 nitrogen and oxygen atoms in total. The van der Waals surface area contributed by atoms with E-state index < -0.39 is 0 Å². The van der Waals surface area contributed by atoms with E-state index in [-0.39, 0.29) is 5.75 Å². The van der Waals surface area contributed by atoms with E-state index in [0.717, 1.165) is 133 Å². The Bertz CT molecular complexity index is 4170. The van der Waals surface area contributed by atoms with Gasteiger partial charge in [-0.1, -0.05) is 170 Å². The van der Waals surface area contributed by atoms with Gasteiger partial charge in [0.05, 0.1) is 17.1 Å². The lowest BCUT2D eigenvalue weighted by Gasteiger charge is -2.28. The lowest BCUT2D eigenvalue weighted by molar-refractivity contribution is 0.473. The third-order valence-electron chi connectivity index (χ3n) is 14.0. The number of fused-ring (bicyclic) bond motifs is 8. The van der Waals surface area contributed by atoms with Crippen molar-refractivity contribution in [3.05, 3.63) is 248 Å². The number of benzene rings is 11. The van der Waals surface area contributed by atoms with Crippen LogP contribution in [0.25, 0.3) is 88.0 Å². The number of phenolic OH excluding ortho intramolecular Hbond substituents is 1. The molecule has 11 aromatic carbocycles. The molecule has 0 bridgehead atoms. The van der Waals surface area contributed by atoms with Crippen molar-refractivity contribution in [3.8, 4) is 39.1 Å². The summed E-state index contributed by atoms with van der Waals surface area (Å²) in [6.45, 7) is 4.04. The maximum absolute atomic E-state index is 11.3. The molecule has 0 saturated heterocycles. The molecule has 0 amide bonds. The Morgan fingerprint density at radius 3 is 1.52 bits per heavy atom. The van der Waals surface area contributed by atoms with Gasteiger partial charge in [-0.2, -0.15) is 0 Å². The van der Waals surface area contributed by atoms with Gasteiger partial charge in [0.25, 0.3) is 0 Å². The van der Waals surface area contributed by atoms with E-state index in [1.54, 1.807) is 0 Å². The molecule has 5 heteroatoms. The van der Waals surface area contributed by atoms with Gasteiger partial charge < -0.3 is 23.7 Å². The predicted molar refractivity (Wildman–Crippen MR) is 295 cm³/mol. The Morgan fingerprint density at radius 2 is 0.831 bits per heavy atom. The van der Waals surface area contributed by atoms with Gasteiger partial charge in [-0.3, -0.25) is 0 Å². The van der Waals surface area contributed by atoms with E-state index in [1.165, 1.54) is 0 Å². The van der Waals surface area contributed by atoms with Gasteiger partial charge in [0.15, 0.2) is 5.58 Å². The first-order valence-corrected chi connectivity index (χ1v) is 24.0. The van der Waals surface area contributed by atoms with Gasteiger partial charge >= 0.3 is 0 Å². The smallest absolute Gasteiger partial charge is 0.159 e. The maximum Gasteiger partial charge on any atom is 0.159 e. The van der Waals surface area contributed by atoms with Gasteiger partial charge in [-0.15, -0.1) is 0 Å². The third-order valence-corrected chi connectivity index (χ3v) is 14.0. The molecule has 71 heavy (non-hydrogen) atoms. The average Bonchev–Trinajstić information content (AvgIpc) is 4.00. The summed E-state index contributed by atoms with van der Waals surface area (Å²) in [7, 11) is 0. The Labute approximate surface area is 411 Å². The van der Waals surface area contributed by atoms with E-state index in [0.29, 0.717) is 0 Å². The second-order valence-electron chi connectivity index (χ2n) is 18.3. The third kappa shape index (κ3) is 7.17. The Hall–Kier alpha value is -9.32. The van der Waals surface area contributed by atoms with Gasteiger partial charge in [-0.25, -0.2) is 0 Å². The summed E-state index contributed by atoms with van der Waals surface area (Å²) in [4.78, 5) is 4.61. The number of para-hydroxylation sites is 3. The quantitative estimate of drug-likeness (QED) is 0.156. The summed E-state index contributed by atoms with van der Waals surface area (Å²) < 4.78 is 14.0. The zero-order valence-electron chi connectivity index (χ0n) is 39.2. The first kappa shape index (κ1) is 41.8. The molecule has 0 aliphatic carbocycles. The van der Waals surface area contributed by atoms with Gasteiger partial charge in [0.2, 0.25) is 0 Å². The Balaban J connectivity index is 1.02. The van der Waals surface area contributed by atoms with E-state index in [9.17, 15) is 5.11 Å². The zero-order valence-corrected chi connectivity index (χ0v) is 39.2. The molecule has 1 N–H and O–H groups in total. The molecule has 338 valence electrons. The highest BCUT2D eigenvalue weighted by Crippen LogP contribution is 2.49. The van der Waals surface area contributed by atoms with Crippen molar-refractivity contribution in [2.24, 2.45) is 0 Å². The maximum atomic E-state index is 11.3. The largest absolute Gasteiger partial charge is 0.507 e. The molecule has 13 rings (SSSR count). The van der Waals surface area contributed by atoms with Crippen molar-refractivity contribution in [3.63, 3.8) is 0 Å². The summed E-state index contributed by atoms with van der Waals surface area (Å²) in [5.74, 6) is 0.280. The first-order valence-electron chi connectivity index (χ1n) is 24.0. The second-order valence-corrected chi connectivity index (χ2v) is 18.3. The SMILES string of the molecule is Cc1cccc(-c2cccc(N(c3cccc(-c4ccccc4)c3)c3cc4oc5cc(N(c6cccc(-c7ccccc7)c6)c6cccc7c6oc6c(C)cccc67)ccc5c4c4ccccc34)c2)c1O. The number of hydrogen-bond donors (Lipinski definition) is 1. The molecule has 0 unspecified atom stereocenters. The van der Waals surface area contributed by atoms with Crippen LogP contribution in [0, 0.1) is 13.8 Å². The number of anilines is 6. The van der Waals surface area contributed by atoms with Crippen LogP contribution in [0.2, 0.25) is 0 Å². The molecule has 13 aromatic rings. The number of hydrogen-bond acceptors (Lipinski definition) is 5. The fourth-order valence-electron chi connectivity index (χ4n) is 10.5. The van der Waals surface area contributed by atoms with Crippen molar-refractivity contribution in [1.29, 1.82) is 0 Å². The summed E-state index contributed by atoms with van der Waals surface area (Å²) in [6.07, 6.45) is 0. The van der Waals surface area contributed by atoms with Crippen molar-refractivity contribution in [1.82, 2.24) is 0 Å². The van der Waals surface area contributed by atoms with Crippen molar-refractivity contribution in [2.75, 3.05) is 9.80 Å². The summed E-state index contributed by atoms with van der Waals surface area (Å²) in [5, 5.41) is 17.7. The summed E-state index contributed by atoms with van der Waals surface area (Å²) >= 11 is 0. The second kappa shape index (κ2) is 17.0. The number of rotatable bonds is 9. The predicted octanol–water partition coefficient (Wildman–Crippen LogP) is 18.9. The van der Waals surface area contributed by atoms with Crippen molar-refractivity contribution in [2.45, 2.75) is 13.8 Å². The fraction of sp³-hybridized carbons (Fsp3) is 0.0303. The molecule has 2 heterocycles. The number of aryl methyl sites for hydroxylation is 2. The van der Waals surface area contributed by atoms with Gasteiger partial charge in [-0.05, 0) is 113 Å². The van der Waals surface area contributed by atoms with Crippen molar-refractivity contribution >= 4 is 88.8 Å². The van der Waals surface area contributed by atoms with Gasteiger partial charge in [0.1, 0.15) is 22.5 Å². The molecule has 0 aliphatic rings. The lowest BCUT2D eigenvalue weighted by Crippen LogP contribution is -2.11. The van der Waals surface area contributed by atoms with E-state index >= 15 is 0 Å². The number of aromatic hydroxyl groups is 1. The summed E-state index contributed by atoms with van der Waals surface area (Å²) in [5.41, 5.74) is 17.1. The van der Waals surface area contributed by atoms with E-state index in [2.05, 4.69) is 229 Å². The lowest BCUT2D eigenvalue weighted by atomic mass is 9.98. The van der Waals surface area contributed by atoms with Crippen LogP contribution in [0.1, 0.15) is 11.1 Å². The van der Waals surface area contributed by atoms with Crippen LogP contribution in [-0.4, -0.2) is 5.11 Å². The number of phenols is 1. The average molecular weight is 915 g/mol. The van der Waals surface area contributed by atoms with Crippen LogP contribution in [0.4, 0.5) is 34.1 Å². The van der Waals surface area contributed by atoms with Crippen LogP contribution < -0.4 is 9.80 Å². The topological polar surface area (TPSA) is 53.0 Å². The molecule has 0 fully saturated rings. The summed E-state index contributed by atoms with van der Waals surface area (Å²) in [6, 6.07) is 82.9. The van der Waals surface area contributed by atoms with Crippen LogP contribution in [0.15, 0.2) is 245 Å². The Kier molecular flexibility index (Phi) is 10.0. The van der Waals surface area contributed by atoms with Crippen molar-refractivity contribution < 1.29 is 13.9 Å². The normalized spacial score (nSPS) is 11.6. The highest BCUT2D eigenvalue weighted by molar-refractivity contribution is 6.23. The molecule has 0 atom stereocenters. The number of nitrogens with zero attached hydrogens (tertiary/aromatic N) is 2. The molecule has 0 saturated carbocycles. The van der Waals surface area contributed by atoms with Crippen LogP contribution in [0.5, 0.6) is 5.75 Å². The molecule has 0 aliphatic heterocycles. The Morgan fingerprint density at radius 1 is 0.324 bits per heavy atom.